The third kappa shape index (κ3) is 6.92. The molecule has 350 valence electrons. The second-order valence-corrected chi connectivity index (χ2v) is 19.9. The second-order valence-electron chi connectivity index (χ2n) is 19.9. The highest BCUT2D eigenvalue weighted by atomic mass is 15.2. The molecule has 0 unspecified atom stereocenters. The Morgan fingerprint density at radius 1 is 0.562 bits per heavy atom. The van der Waals surface area contributed by atoms with Crippen LogP contribution >= 0.6 is 0 Å². The maximum atomic E-state index is 4.20. The van der Waals surface area contributed by atoms with E-state index in [9.17, 15) is 0 Å². The average molecular weight is 937 g/mol. The van der Waals surface area contributed by atoms with Crippen molar-refractivity contribution >= 4 is 78.0 Å². The van der Waals surface area contributed by atoms with Crippen molar-refractivity contribution in [2.45, 2.75) is 39.0 Å². The van der Waals surface area contributed by atoms with E-state index >= 15 is 0 Å². The summed E-state index contributed by atoms with van der Waals surface area (Å²) in [7, 11) is 0. The lowest BCUT2D eigenvalue weighted by molar-refractivity contribution is 0.756. The zero-order valence-corrected chi connectivity index (χ0v) is 41.7. The molecule has 2 heteroatoms. The molecule has 0 saturated carbocycles. The minimum Gasteiger partial charge on any atom is -0.341 e. The maximum Gasteiger partial charge on any atom is 0.0714 e. The normalized spacial score (nSPS) is 14.3. The predicted octanol–water partition coefficient (Wildman–Crippen LogP) is 18.8. The number of anilines is 4. The van der Waals surface area contributed by atoms with Gasteiger partial charge in [0, 0.05) is 34.7 Å². The van der Waals surface area contributed by atoms with Gasteiger partial charge in [-0.25, -0.2) is 0 Å². The highest BCUT2D eigenvalue weighted by molar-refractivity contribution is 6.34. The van der Waals surface area contributed by atoms with Gasteiger partial charge >= 0.3 is 0 Å². The minimum atomic E-state index is -0.525. The molecular formula is C71H56N2. The van der Waals surface area contributed by atoms with Crippen LogP contribution in [0.25, 0.3) is 66.4 Å². The molecular weight excluding hydrogens is 881 g/mol. The summed E-state index contributed by atoms with van der Waals surface area (Å²) >= 11 is 0. The Bertz CT molecular complexity index is 4000. The van der Waals surface area contributed by atoms with Crippen molar-refractivity contribution in [2.75, 3.05) is 16.3 Å². The van der Waals surface area contributed by atoms with Crippen LogP contribution in [0.3, 0.4) is 0 Å². The molecule has 73 heavy (non-hydrogen) atoms. The van der Waals surface area contributed by atoms with Gasteiger partial charge in [0.15, 0.2) is 0 Å². The highest BCUT2D eigenvalue weighted by Crippen LogP contribution is 2.57. The SMILES string of the molecule is C=C/C(C)=C(\C=C/C)N(c1ccccc1C)c1ccc2c3cccc4c(/C=C/c5ccc6c(c5)C(c5ccccc5)(c5ccccc5)c5cc(N7CCCc8ccccc87)ccc5-6)ccc(c5cccc1c52)c43. The zero-order chi connectivity index (χ0) is 49.2. The van der Waals surface area contributed by atoms with Crippen molar-refractivity contribution in [1.29, 1.82) is 0 Å². The van der Waals surface area contributed by atoms with Crippen molar-refractivity contribution in [3.8, 4) is 11.1 Å². The van der Waals surface area contributed by atoms with Crippen LogP contribution < -0.4 is 9.80 Å². The monoisotopic (exact) mass is 936 g/mol. The summed E-state index contributed by atoms with van der Waals surface area (Å²) in [6.07, 6.45) is 13.2. The molecule has 0 bridgehead atoms. The number of aryl methyl sites for hydroxylation is 2. The van der Waals surface area contributed by atoms with Gasteiger partial charge in [-0.2, -0.15) is 0 Å². The lowest BCUT2D eigenvalue weighted by atomic mass is 9.67. The van der Waals surface area contributed by atoms with Crippen molar-refractivity contribution in [3.05, 3.63) is 287 Å². The minimum absolute atomic E-state index is 0.525. The first-order valence-electron chi connectivity index (χ1n) is 25.9. The van der Waals surface area contributed by atoms with Gasteiger partial charge in [-0.3, -0.25) is 0 Å². The molecule has 0 atom stereocenters. The van der Waals surface area contributed by atoms with Crippen LogP contribution in [0.4, 0.5) is 22.7 Å². The van der Waals surface area contributed by atoms with Crippen LogP contribution in [0.5, 0.6) is 0 Å². The van der Waals surface area contributed by atoms with Gasteiger partial charge in [0.25, 0.3) is 0 Å². The molecule has 1 heterocycles. The first kappa shape index (κ1) is 44.2. The molecule has 0 saturated heterocycles. The summed E-state index contributed by atoms with van der Waals surface area (Å²) in [4.78, 5) is 4.96. The number of hydrogen-bond acceptors (Lipinski definition) is 2. The molecule has 0 aromatic heterocycles. The van der Waals surface area contributed by atoms with Gasteiger partial charge in [-0.15, -0.1) is 0 Å². The van der Waals surface area contributed by atoms with E-state index in [1.165, 1.54) is 110 Å². The van der Waals surface area contributed by atoms with E-state index in [4.69, 9.17) is 0 Å². The molecule has 11 aromatic carbocycles. The molecule has 1 aliphatic heterocycles. The highest BCUT2D eigenvalue weighted by Gasteiger charge is 2.46. The van der Waals surface area contributed by atoms with Crippen molar-refractivity contribution in [2.24, 2.45) is 0 Å². The van der Waals surface area contributed by atoms with Gasteiger partial charge in [0.2, 0.25) is 0 Å². The number of rotatable bonds is 10. The first-order chi connectivity index (χ1) is 36.0. The molecule has 0 N–H and O–H groups in total. The number of allylic oxidation sites excluding steroid dienone is 4. The molecule has 0 radical (unpaired) electrons. The van der Waals surface area contributed by atoms with Crippen LogP contribution in [-0.4, -0.2) is 6.54 Å². The lowest BCUT2D eigenvalue weighted by Gasteiger charge is -2.36. The smallest absolute Gasteiger partial charge is 0.0714 e. The molecule has 2 aliphatic rings. The van der Waals surface area contributed by atoms with E-state index in [0.29, 0.717) is 0 Å². The third-order valence-electron chi connectivity index (χ3n) is 16.0. The molecule has 1 aliphatic carbocycles. The number of nitrogens with zero attached hydrogens (tertiary/aromatic N) is 2. The Morgan fingerprint density at radius 3 is 1.90 bits per heavy atom. The third-order valence-corrected chi connectivity index (χ3v) is 16.0. The van der Waals surface area contributed by atoms with Crippen molar-refractivity contribution < 1.29 is 0 Å². The Morgan fingerprint density at radius 2 is 1.18 bits per heavy atom. The molecule has 11 aromatic rings. The van der Waals surface area contributed by atoms with E-state index in [-0.39, 0.29) is 0 Å². The Kier molecular flexibility index (Phi) is 10.8. The number of benzene rings is 11. The summed E-state index contributed by atoms with van der Waals surface area (Å²) in [6, 6.07) is 77.5. The van der Waals surface area contributed by atoms with E-state index in [2.05, 4.69) is 268 Å². The number of hydrogen-bond donors (Lipinski definition) is 0. The van der Waals surface area contributed by atoms with Gasteiger partial charge in [0.05, 0.1) is 11.1 Å². The predicted molar refractivity (Wildman–Crippen MR) is 313 cm³/mol. The maximum absolute atomic E-state index is 4.20. The van der Waals surface area contributed by atoms with Crippen LogP contribution in [0, 0.1) is 6.92 Å². The Balaban J connectivity index is 0.954. The first-order valence-corrected chi connectivity index (χ1v) is 25.9. The molecule has 13 rings (SSSR count). The van der Waals surface area contributed by atoms with E-state index in [0.717, 1.165) is 42.0 Å². The molecule has 2 nitrogen and oxygen atoms in total. The molecule has 0 spiro atoms. The van der Waals surface area contributed by atoms with Gasteiger partial charge in [0.1, 0.15) is 0 Å². The standard InChI is InChI=1S/C71H56N2/c1-5-20-65(47(3)6-2)73(66-32-15-13-21-48(66)4)68-43-42-61-58-29-17-28-55-50(37-40-60(69(55)58)59-30-18-31-62(68)70(59)61)36-34-49-35-39-56-57-41-38-54(72-44-19-23-51-22-14-16-33-67(51)72)46-64(57)71(63(56)45-49,52-24-9-7-10-25-52)53-26-11-8-12-27-53/h5-18,20-22,24-43,45-46H,2,19,23,44H2,1,3-4H3/b20-5-,36-34+,65-47+. The quantitative estimate of drug-likeness (QED) is 0.0583. The second kappa shape index (κ2) is 17.8. The fraction of sp³-hybridized carbons (Fsp3) is 0.0986. The lowest BCUT2D eigenvalue weighted by Crippen LogP contribution is -2.29. The Hall–Kier alpha value is -8.72. The van der Waals surface area contributed by atoms with E-state index < -0.39 is 5.41 Å². The zero-order valence-electron chi connectivity index (χ0n) is 41.7. The summed E-state index contributed by atoms with van der Waals surface area (Å²) in [5, 5.41) is 10.1. The fourth-order valence-electron chi connectivity index (χ4n) is 12.7. The van der Waals surface area contributed by atoms with Gasteiger partial charge in [-0.1, -0.05) is 201 Å². The molecule has 0 fully saturated rings. The number of fused-ring (bicyclic) bond motifs is 6. The van der Waals surface area contributed by atoms with Crippen LogP contribution in [0.1, 0.15) is 64.8 Å². The van der Waals surface area contributed by atoms with E-state index in [1.54, 1.807) is 0 Å². The topological polar surface area (TPSA) is 6.48 Å². The average Bonchev–Trinajstić information content (AvgIpc) is 3.74. The van der Waals surface area contributed by atoms with Crippen LogP contribution in [-0.2, 0) is 11.8 Å². The summed E-state index contributed by atoms with van der Waals surface area (Å²) < 4.78 is 0. The van der Waals surface area contributed by atoms with Crippen LogP contribution in [0.15, 0.2) is 242 Å². The van der Waals surface area contributed by atoms with Crippen LogP contribution in [0.2, 0.25) is 0 Å². The van der Waals surface area contributed by atoms with E-state index in [1.807, 2.05) is 6.08 Å². The van der Waals surface area contributed by atoms with Gasteiger partial charge < -0.3 is 9.80 Å². The van der Waals surface area contributed by atoms with Crippen molar-refractivity contribution in [3.63, 3.8) is 0 Å². The Labute approximate surface area is 429 Å². The number of para-hydroxylation sites is 2. The van der Waals surface area contributed by atoms with Crippen molar-refractivity contribution in [1.82, 2.24) is 0 Å². The molecule has 0 amide bonds. The largest absolute Gasteiger partial charge is 0.341 e. The summed E-state index contributed by atoms with van der Waals surface area (Å²) in [6.45, 7) is 11.6. The van der Waals surface area contributed by atoms with Gasteiger partial charge in [-0.05, 0) is 175 Å². The summed E-state index contributed by atoms with van der Waals surface area (Å²) in [5.74, 6) is 0. The summed E-state index contributed by atoms with van der Waals surface area (Å²) in [5.41, 5.74) is 19.3. The fourth-order valence-corrected chi connectivity index (χ4v) is 12.7.